The summed E-state index contributed by atoms with van der Waals surface area (Å²) in [4.78, 5) is 2.44. The van der Waals surface area contributed by atoms with Gasteiger partial charge in [0.1, 0.15) is 22.3 Å². The molecule has 1 atom stereocenters. The molecule has 1 aliphatic carbocycles. The van der Waals surface area contributed by atoms with Crippen molar-refractivity contribution in [3.63, 3.8) is 0 Å². The summed E-state index contributed by atoms with van der Waals surface area (Å²) in [6.07, 6.45) is 7.85. The summed E-state index contributed by atoms with van der Waals surface area (Å²) >= 11 is 0. The number of para-hydroxylation sites is 2. The standard InChI is InChI=1S/C46H31NO2/c1-3-11-30(12-4-1)32-21-23-36(24-22-32)47(35-15-5-2-6-16-35)37-25-26-42-39(28-37)40-29-43-45(38-17-9-10-18-41(38)48-43)44(46(40)49-42)34-20-19-31-13-7-8-14-33(31)27-34/h1-23,25-29,36H,24H2. The van der Waals surface area contributed by atoms with Crippen LogP contribution in [-0.4, -0.2) is 6.04 Å². The Bertz CT molecular complexity index is 2750. The number of anilines is 2. The van der Waals surface area contributed by atoms with Crippen molar-refractivity contribution in [1.29, 1.82) is 0 Å². The molecule has 49 heavy (non-hydrogen) atoms. The van der Waals surface area contributed by atoms with Crippen LogP contribution in [-0.2, 0) is 0 Å². The van der Waals surface area contributed by atoms with Gasteiger partial charge in [-0.2, -0.15) is 0 Å². The quantitative estimate of drug-likeness (QED) is 0.190. The summed E-state index contributed by atoms with van der Waals surface area (Å²) in [6, 6.07) is 53.7. The topological polar surface area (TPSA) is 29.5 Å². The van der Waals surface area contributed by atoms with E-state index >= 15 is 0 Å². The Labute approximate surface area is 283 Å². The van der Waals surface area contributed by atoms with Crippen LogP contribution in [0.5, 0.6) is 0 Å². The fourth-order valence-corrected chi connectivity index (χ4v) is 7.64. The second-order valence-corrected chi connectivity index (χ2v) is 12.8. The minimum Gasteiger partial charge on any atom is -0.456 e. The van der Waals surface area contributed by atoms with E-state index in [0.717, 1.165) is 72.8 Å². The molecule has 0 bridgehead atoms. The molecule has 0 spiro atoms. The van der Waals surface area contributed by atoms with Gasteiger partial charge in [-0.25, -0.2) is 0 Å². The molecule has 2 heterocycles. The van der Waals surface area contributed by atoms with Crippen molar-refractivity contribution < 1.29 is 8.83 Å². The fraction of sp³-hybridized carbons (Fsp3) is 0.0435. The number of nitrogens with zero attached hydrogens (tertiary/aromatic N) is 1. The van der Waals surface area contributed by atoms with Gasteiger partial charge in [0.2, 0.25) is 0 Å². The first-order chi connectivity index (χ1) is 24.3. The predicted octanol–water partition coefficient (Wildman–Crippen LogP) is 12.9. The van der Waals surface area contributed by atoms with Crippen LogP contribution in [0.2, 0.25) is 0 Å². The summed E-state index contributed by atoms with van der Waals surface area (Å²) in [7, 11) is 0. The number of hydrogen-bond donors (Lipinski definition) is 0. The van der Waals surface area contributed by atoms with Crippen LogP contribution in [0.3, 0.4) is 0 Å². The minimum absolute atomic E-state index is 0.153. The predicted molar refractivity (Wildman–Crippen MR) is 204 cm³/mol. The second kappa shape index (κ2) is 11.1. The molecule has 3 nitrogen and oxygen atoms in total. The first-order valence-corrected chi connectivity index (χ1v) is 16.9. The van der Waals surface area contributed by atoms with E-state index in [1.165, 1.54) is 21.9 Å². The first kappa shape index (κ1) is 27.8. The van der Waals surface area contributed by atoms with E-state index in [4.69, 9.17) is 8.83 Å². The Morgan fingerprint density at radius 1 is 0.510 bits per heavy atom. The maximum atomic E-state index is 6.84. The lowest BCUT2D eigenvalue weighted by atomic mass is 9.94. The molecule has 0 aliphatic heterocycles. The molecule has 7 aromatic carbocycles. The summed E-state index contributed by atoms with van der Waals surface area (Å²) in [5.74, 6) is 0. The van der Waals surface area contributed by atoms with Crippen LogP contribution in [0.15, 0.2) is 179 Å². The first-order valence-electron chi connectivity index (χ1n) is 16.9. The van der Waals surface area contributed by atoms with Crippen LogP contribution in [0.4, 0.5) is 11.4 Å². The van der Waals surface area contributed by atoms with Gasteiger partial charge in [0.05, 0.1) is 6.04 Å². The minimum atomic E-state index is 0.153. The highest BCUT2D eigenvalue weighted by atomic mass is 16.3. The number of hydrogen-bond acceptors (Lipinski definition) is 3. The molecule has 0 amide bonds. The largest absolute Gasteiger partial charge is 0.456 e. The number of benzene rings is 7. The van der Waals surface area contributed by atoms with Gasteiger partial charge in [0.15, 0.2) is 0 Å². The molecule has 0 fully saturated rings. The Morgan fingerprint density at radius 3 is 2.10 bits per heavy atom. The third-order valence-corrected chi connectivity index (χ3v) is 9.95. The van der Waals surface area contributed by atoms with Crippen LogP contribution in [0.25, 0.3) is 71.3 Å². The van der Waals surface area contributed by atoms with Crippen molar-refractivity contribution in [2.24, 2.45) is 0 Å². The van der Waals surface area contributed by atoms with Gasteiger partial charge in [0.25, 0.3) is 0 Å². The molecule has 0 radical (unpaired) electrons. The van der Waals surface area contributed by atoms with Gasteiger partial charge in [-0.1, -0.05) is 121 Å². The van der Waals surface area contributed by atoms with E-state index in [1.807, 2.05) is 12.1 Å². The van der Waals surface area contributed by atoms with Crippen molar-refractivity contribution in [1.82, 2.24) is 0 Å². The van der Waals surface area contributed by atoms with Gasteiger partial charge >= 0.3 is 0 Å². The van der Waals surface area contributed by atoms with Crippen molar-refractivity contribution in [2.45, 2.75) is 12.5 Å². The van der Waals surface area contributed by atoms with Crippen LogP contribution in [0.1, 0.15) is 12.0 Å². The summed E-state index contributed by atoms with van der Waals surface area (Å²) in [5, 5.41) is 6.69. The molecule has 1 aliphatic rings. The highest BCUT2D eigenvalue weighted by molar-refractivity contribution is 6.24. The number of rotatable bonds is 5. The second-order valence-electron chi connectivity index (χ2n) is 12.8. The molecular formula is C46H31NO2. The number of allylic oxidation sites excluding steroid dienone is 2. The van der Waals surface area contributed by atoms with Crippen LogP contribution < -0.4 is 4.90 Å². The highest BCUT2D eigenvalue weighted by Gasteiger charge is 2.24. The highest BCUT2D eigenvalue weighted by Crippen LogP contribution is 2.46. The molecule has 10 rings (SSSR count). The van der Waals surface area contributed by atoms with Gasteiger partial charge in [-0.05, 0) is 82.4 Å². The average Bonchev–Trinajstić information content (AvgIpc) is 3.72. The lowest BCUT2D eigenvalue weighted by Gasteiger charge is -2.33. The summed E-state index contributed by atoms with van der Waals surface area (Å²) < 4.78 is 13.4. The zero-order valence-electron chi connectivity index (χ0n) is 26.7. The van der Waals surface area contributed by atoms with Gasteiger partial charge in [-0.15, -0.1) is 0 Å². The maximum absolute atomic E-state index is 6.84. The SMILES string of the molecule is C1=CC(N(c2ccccc2)c2ccc3oc4c(-c5ccc6ccccc6c5)c5c(cc4c3c2)oc2ccccc25)CC=C1c1ccccc1. The van der Waals surface area contributed by atoms with Crippen LogP contribution >= 0.6 is 0 Å². The Morgan fingerprint density at radius 2 is 1.27 bits per heavy atom. The van der Waals surface area contributed by atoms with E-state index < -0.39 is 0 Å². The normalized spacial score (nSPS) is 14.7. The lowest BCUT2D eigenvalue weighted by Crippen LogP contribution is -2.30. The van der Waals surface area contributed by atoms with Crippen molar-refractivity contribution in [3.8, 4) is 11.1 Å². The molecule has 3 heteroatoms. The third kappa shape index (κ3) is 4.58. The maximum Gasteiger partial charge on any atom is 0.144 e. The Hall–Kier alpha value is -6.32. The molecule has 232 valence electrons. The van der Waals surface area contributed by atoms with Gasteiger partial charge < -0.3 is 13.7 Å². The van der Waals surface area contributed by atoms with Gasteiger partial charge in [-0.3, -0.25) is 0 Å². The van der Waals surface area contributed by atoms with E-state index in [2.05, 4.69) is 163 Å². The molecule has 0 saturated carbocycles. The monoisotopic (exact) mass is 629 g/mol. The van der Waals surface area contributed by atoms with Crippen molar-refractivity contribution in [3.05, 3.63) is 175 Å². The smallest absolute Gasteiger partial charge is 0.144 e. The van der Waals surface area contributed by atoms with Crippen molar-refractivity contribution in [2.75, 3.05) is 4.90 Å². The fourth-order valence-electron chi connectivity index (χ4n) is 7.64. The summed E-state index contributed by atoms with van der Waals surface area (Å²) in [6.45, 7) is 0. The molecule has 0 N–H and O–H groups in total. The number of furan rings is 2. The zero-order chi connectivity index (χ0) is 32.3. The Balaban J connectivity index is 1.17. The van der Waals surface area contributed by atoms with E-state index in [1.54, 1.807) is 0 Å². The van der Waals surface area contributed by atoms with E-state index in [-0.39, 0.29) is 6.04 Å². The lowest BCUT2D eigenvalue weighted by molar-refractivity contribution is 0.664. The van der Waals surface area contributed by atoms with E-state index in [0.29, 0.717) is 0 Å². The van der Waals surface area contributed by atoms with Gasteiger partial charge in [0, 0.05) is 38.5 Å². The van der Waals surface area contributed by atoms with Crippen molar-refractivity contribution >= 4 is 71.6 Å². The summed E-state index contributed by atoms with van der Waals surface area (Å²) in [5.41, 5.74) is 10.4. The molecular weight excluding hydrogens is 599 g/mol. The molecule has 0 saturated heterocycles. The average molecular weight is 630 g/mol. The molecule has 2 aromatic heterocycles. The molecule has 9 aromatic rings. The number of fused-ring (bicyclic) bond motifs is 7. The van der Waals surface area contributed by atoms with Crippen LogP contribution in [0, 0.1) is 0 Å². The zero-order valence-corrected chi connectivity index (χ0v) is 26.7. The molecule has 1 unspecified atom stereocenters. The third-order valence-electron chi connectivity index (χ3n) is 9.95. The Kier molecular flexibility index (Phi) is 6.31. The van der Waals surface area contributed by atoms with E-state index in [9.17, 15) is 0 Å².